The van der Waals surface area contributed by atoms with Crippen molar-refractivity contribution in [2.45, 2.75) is 6.92 Å². The van der Waals surface area contributed by atoms with Gasteiger partial charge < -0.3 is 15.5 Å². The van der Waals surface area contributed by atoms with Crippen molar-refractivity contribution < 1.29 is 9.59 Å². The number of carbonyl (C=O) groups is 2. The number of aromatic nitrogens is 1. The molecule has 0 saturated heterocycles. The van der Waals surface area contributed by atoms with Crippen LogP contribution in [0.2, 0.25) is 0 Å². The van der Waals surface area contributed by atoms with Crippen LogP contribution in [0.1, 0.15) is 26.3 Å². The van der Waals surface area contributed by atoms with Crippen LogP contribution < -0.4 is 10.6 Å². The Morgan fingerprint density at radius 2 is 1.88 bits per heavy atom. The molecule has 24 heavy (non-hydrogen) atoms. The number of aryl methyl sites for hydroxylation is 1. The monoisotopic (exact) mass is 326 g/mol. The Morgan fingerprint density at radius 3 is 2.54 bits per heavy atom. The maximum Gasteiger partial charge on any atom is 0.255 e. The first kappa shape index (κ1) is 17.6. The third-order valence-corrected chi connectivity index (χ3v) is 3.73. The van der Waals surface area contributed by atoms with Crippen LogP contribution in [-0.2, 0) is 0 Å². The molecule has 0 unspecified atom stereocenters. The molecule has 0 radical (unpaired) electrons. The van der Waals surface area contributed by atoms with Gasteiger partial charge in [-0.15, -0.1) is 0 Å². The Bertz CT molecular complexity index is 716. The number of nitrogens with zero attached hydrogens (tertiary/aromatic N) is 2. The lowest BCUT2D eigenvalue weighted by atomic mass is 10.1. The van der Waals surface area contributed by atoms with E-state index >= 15 is 0 Å². The van der Waals surface area contributed by atoms with Gasteiger partial charge in [0.25, 0.3) is 11.8 Å². The summed E-state index contributed by atoms with van der Waals surface area (Å²) < 4.78 is 0. The molecule has 2 N–H and O–H groups in total. The maximum atomic E-state index is 12.7. The number of nitrogens with one attached hydrogen (secondary N) is 2. The van der Waals surface area contributed by atoms with Gasteiger partial charge in [0.2, 0.25) is 0 Å². The van der Waals surface area contributed by atoms with E-state index in [0.717, 1.165) is 5.56 Å². The first-order valence-corrected chi connectivity index (χ1v) is 7.75. The molecule has 0 aliphatic carbocycles. The number of amides is 2. The summed E-state index contributed by atoms with van der Waals surface area (Å²) in [6.07, 6.45) is 3.12. The van der Waals surface area contributed by atoms with Gasteiger partial charge in [0.15, 0.2) is 0 Å². The molecule has 6 nitrogen and oxygen atoms in total. The summed E-state index contributed by atoms with van der Waals surface area (Å²) in [5, 5.41) is 5.87. The van der Waals surface area contributed by atoms with Crippen molar-refractivity contribution in [2.75, 3.05) is 32.5 Å². The quantitative estimate of drug-likeness (QED) is 0.851. The smallest absolute Gasteiger partial charge is 0.255 e. The molecule has 1 heterocycles. The average molecular weight is 326 g/mol. The SMILES string of the molecule is CNCCN(C)C(=O)c1cccc(C)c1NC(=O)c1ccncc1. The van der Waals surface area contributed by atoms with Crippen molar-refractivity contribution in [2.24, 2.45) is 0 Å². The lowest BCUT2D eigenvalue weighted by molar-refractivity contribution is 0.0798. The molecular weight excluding hydrogens is 304 g/mol. The summed E-state index contributed by atoms with van der Waals surface area (Å²) in [5.41, 5.74) is 2.36. The Kier molecular flexibility index (Phi) is 6.03. The molecule has 2 aromatic rings. The maximum absolute atomic E-state index is 12.7. The fourth-order valence-electron chi connectivity index (χ4n) is 2.29. The first-order chi connectivity index (χ1) is 11.5. The van der Waals surface area contributed by atoms with Crippen LogP contribution in [0.4, 0.5) is 5.69 Å². The van der Waals surface area contributed by atoms with Gasteiger partial charge in [-0.05, 0) is 37.7 Å². The Morgan fingerprint density at radius 1 is 1.17 bits per heavy atom. The fraction of sp³-hybridized carbons (Fsp3) is 0.278. The van der Waals surface area contributed by atoms with Crippen LogP contribution in [0.5, 0.6) is 0 Å². The summed E-state index contributed by atoms with van der Waals surface area (Å²) in [6.45, 7) is 3.15. The largest absolute Gasteiger partial charge is 0.340 e. The number of rotatable bonds is 6. The van der Waals surface area contributed by atoms with Crippen molar-refractivity contribution in [3.8, 4) is 0 Å². The van der Waals surface area contributed by atoms with Gasteiger partial charge in [-0.25, -0.2) is 0 Å². The van der Waals surface area contributed by atoms with Gasteiger partial charge in [-0.1, -0.05) is 12.1 Å². The molecule has 0 aliphatic heterocycles. The van der Waals surface area contributed by atoms with Crippen molar-refractivity contribution >= 4 is 17.5 Å². The van der Waals surface area contributed by atoms with Gasteiger partial charge in [0.05, 0.1) is 11.3 Å². The summed E-state index contributed by atoms with van der Waals surface area (Å²) >= 11 is 0. The standard InChI is InChI=1S/C18H22N4O2/c1-13-5-4-6-15(18(24)22(3)12-11-19-2)16(13)21-17(23)14-7-9-20-10-8-14/h4-10,19H,11-12H2,1-3H3,(H,21,23). The first-order valence-electron chi connectivity index (χ1n) is 7.75. The van der Waals surface area contributed by atoms with E-state index < -0.39 is 0 Å². The van der Waals surface area contributed by atoms with Crippen LogP contribution in [0, 0.1) is 6.92 Å². The lowest BCUT2D eigenvalue weighted by Gasteiger charge is -2.20. The number of pyridine rings is 1. The van der Waals surface area contributed by atoms with Crippen molar-refractivity contribution in [3.05, 3.63) is 59.4 Å². The summed E-state index contributed by atoms with van der Waals surface area (Å²) in [5.74, 6) is -0.391. The zero-order valence-electron chi connectivity index (χ0n) is 14.2. The van der Waals surface area contributed by atoms with E-state index in [2.05, 4.69) is 15.6 Å². The van der Waals surface area contributed by atoms with Crippen LogP contribution in [0.25, 0.3) is 0 Å². The zero-order valence-corrected chi connectivity index (χ0v) is 14.2. The number of likely N-dealkylation sites (N-methyl/N-ethyl adjacent to an activating group) is 2. The summed E-state index contributed by atoms with van der Waals surface area (Å²) in [4.78, 5) is 30.6. The molecule has 0 bridgehead atoms. The highest BCUT2D eigenvalue weighted by atomic mass is 16.2. The van der Waals surface area contributed by atoms with E-state index in [1.54, 1.807) is 42.5 Å². The predicted octanol–water partition coefficient (Wildman–Crippen LogP) is 1.93. The highest BCUT2D eigenvalue weighted by molar-refractivity contribution is 6.09. The second-order valence-electron chi connectivity index (χ2n) is 5.52. The molecule has 2 amide bonds. The molecule has 0 aliphatic rings. The average Bonchev–Trinajstić information content (AvgIpc) is 2.61. The third kappa shape index (κ3) is 4.17. The second kappa shape index (κ2) is 8.21. The minimum atomic E-state index is -0.265. The van der Waals surface area contributed by atoms with E-state index in [4.69, 9.17) is 0 Å². The normalized spacial score (nSPS) is 10.3. The Hall–Kier alpha value is -2.73. The van der Waals surface area contributed by atoms with Gasteiger partial charge in [0, 0.05) is 38.1 Å². The molecule has 1 aromatic carbocycles. The minimum absolute atomic E-state index is 0.126. The fourth-order valence-corrected chi connectivity index (χ4v) is 2.29. The molecule has 2 rings (SSSR count). The van der Waals surface area contributed by atoms with Gasteiger partial charge in [0.1, 0.15) is 0 Å². The van der Waals surface area contributed by atoms with Crippen LogP contribution in [0.15, 0.2) is 42.7 Å². The number of anilines is 1. The lowest BCUT2D eigenvalue weighted by Crippen LogP contribution is -2.33. The third-order valence-electron chi connectivity index (χ3n) is 3.73. The molecule has 6 heteroatoms. The van der Waals surface area contributed by atoms with E-state index in [9.17, 15) is 9.59 Å². The van der Waals surface area contributed by atoms with Gasteiger partial charge >= 0.3 is 0 Å². The summed E-state index contributed by atoms with van der Waals surface area (Å²) in [6, 6.07) is 8.68. The number of benzene rings is 1. The number of hydrogen-bond donors (Lipinski definition) is 2. The van der Waals surface area contributed by atoms with Crippen molar-refractivity contribution in [3.63, 3.8) is 0 Å². The summed E-state index contributed by atoms with van der Waals surface area (Å²) in [7, 11) is 3.59. The zero-order chi connectivity index (χ0) is 17.5. The molecule has 0 spiro atoms. The van der Waals surface area contributed by atoms with Crippen LogP contribution in [-0.4, -0.2) is 48.9 Å². The molecule has 126 valence electrons. The molecule has 0 saturated carbocycles. The van der Waals surface area contributed by atoms with Crippen LogP contribution >= 0.6 is 0 Å². The molecule has 0 fully saturated rings. The van der Waals surface area contributed by atoms with Crippen molar-refractivity contribution in [1.29, 1.82) is 0 Å². The minimum Gasteiger partial charge on any atom is -0.340 e. The number of hydrogen-bond acceptors (Lipinski definition) is 4. The Balaban J connectivity index is 2.27. The predicted molar refractivity (Wildman–Crippen MR) is 94.3 cm³/mol. The highest BCUT2D eigenvalue weighted by Crippen LogP contribution is 2.22. The Labute approximate surface area is 141 Å². The number of para-hydroxylation sites is 1. The van der Waals surface area contributed by atoms with E-state index in [0.29, 0.717) is 29.9 Å². The van der Waals surface area contributed by atoms with Crippen molar-refractivity contribution in [1.82, 2.24) is 15.2 Å². The molecule has 1 aromatic heterocycles. The van der Waals surface area contributed by atoms with E-state index in [1.165, 1.54) is 0 Å². The van der Waals surface area contributed by atoms with Gasteiger partial charge in [-0.3, -0.25) is 14.6 Å². The second-order valence-corrected chi connectivity index (χ2v) is 5.52. The number of carbonyl (C=O) groups excluding carboxylic acids is 2. The highest BCUT2D eigenvalue weighted by Gasteiger charge is 2.19. The van der Waals surface area contributed by atoms with E-state index in [1.807, 2.05) is 26.1 Å². The molecular formula is C18H22N4O2. The van der Waals surface area contributed by atoms with Crippen LogP contribution in [0.3, 0.4) is 0 Å². The van der Waals surface area contributed by atoms with E-state index in [-0.39, 0.29) is 11.8 Å². The van der Waals surface area contributed by atoms with Gasteiger partial charge in [-0.2, -0.15) is 0 Å². The topological polar surface area (TPSA) is 74.3 Å². The molecule has 0 atom stereocenters.